The number of nitrogens with one attached hydrogen (secondary N) is 2. The molecular formula is C21H37N5O. The fourth-order valence-electron chi connectivity index (χ4n) is 4.89. The van der Waals surface area contributed by atoms with Crippen LogP contribution in [-0.4, -0.2) is 66.2 Å². The highest BCUT2D eigenvalue weighted by atomic mass is 16.2. The number of aromatic nitrogens is 2. The third-order valence-electron chi connectivity index (χ3n) is 6.45. The van der Waals surface area contributed by atoms with Crippen LogP contribution in [0.15, 0.2) is 6.20 Å². The van der Waals surface area contributed by atoms with E-state index in [1.54, 1.807) is 0 Å². The monoisotopic (exact) mass is 375 g/mol. The maximum absolute atomic E-state index is 13.0. The van der Waals surface area contributed by atoms with Gasteiger partial charge >= 0.3 is 0 Å². The van der Waals surface area contributed by atoms with Gasteiger partial charge in [-0.2, -0.15) is 5.10 Å². The second-order valence-electron chi connectivity index (χ2n) is 9.09. The Morgan fingerprint density at radius 2 is 2.11 bits per heavy atom. The van der Waals surface area contributed by atoms with Crippen molar-refractivity contribution < 1.29 is 4.79 Å². The van der Waals surface area contributed by atoms with E-state index in [-0.39, 0.29) is 5.41 Å². The Hall–Kier alpha value is -1.40. The molecule has 3 rings (SSSR count). The van der Waals surface area contributed by atoms with Gasteiger partial charge in [-0.1, -0.05) is 13.8 Å². The largest absolute Gasteiger partial charge is 0.342 e. The van der Waals surface area contributed by atoms with Crippen LogP contribution in [0.4, 0.5) is 0 Å². The minimum Gasteiger partial charge on any atom is -0.342 e. The van der Waals surface area contributed by atoms with E-state index in [0.29, 0.717) is 17.7 Å². The predicted octanol–water partition coefficient (Wildman–Crippen LogP) is 2.59. The number of amides is 1. The van der Waals surface area contributed by atoms with Crippen LogP contribution < -0.4 is 5.32 Å². The number of aromatic amines is 1. The molecule has 2 fully saturated rings. The summed E-state index contributed by atoms with van der Waals surface area (Å²) in [7, 11) is 4.14. The maximum Gasteiger partial charge on any atom is 0.228 e. The zero-order valence-corrected chi connectivity index (χ0v) is 17.6. The Balaban J connectivity index is 1.59. The highest BCUT2D eigenvalue weighted by Crippen LogP contribution is 2.49. The van der Waals surface area contributed by atoms with Gasteiger partial charge in [0.15, 0.2) is 0 Å². The topological polar surface area (TPSA) is 64.3 Å². The molecule has 1 aromatic rings. The number of carbonyl (C=O) groups excluding carboxylic acids is 1. The highest BCUT2D eigenvalue weighted by Gasteiger charge is 2.48. The first-order valence-electron chi connectivity index (χ1n) is 10.6. The molecule has 2 heterocycles. The Kier molecular flexibility index (Phi) is 6.58. The van der Waals surface area contributed by atoms with Gasteiger partial charge < -0.3 is 15.1 Å². The van der Waals surface area contributed by atoms with Crippen molar-refractivity contribution in [2.24, 2.45) is 11.3 Å². The molecule has 2 aliphatic rings. The van der Waals surface area contributed by atoms with Crippen molar-refractivity contribution in [1.82, 2.24) is 25.3 Å². The molecule has 6 nitrogen and oxygen atoms in total. The van der Waals surface area contributed by atoms with E-state index < -0.39 is 0 Å². The summed E-state index contributed by atoms with van der Waals surface area (Å²) in [5, 5.41) is 10.9. The van der Waals surface area contributed by atoms with Gasteiger partial charge in [-0.15, -0.1) is 0 Å². The predicted molar refractivity (Wildman–Crippen MR) is 109 cm³/mol. The van der Waals surface area contributed by atoms with Crippen molar-refractivity contribution in [2.75, 3.05) is 40.3 Å². The molecule has 1 aromatic heterocycles. The molecule has 1 saturated heterocycles. The van der Waals surface area contributed by atoms with E-state index in [0.717, 1.165) is 64.8 Å². The average molecular weight is 376 g/mol. The minimum absolute atomic E-state index is 0.0779. The zero-order valence-electron chi connectivity index (χ0n) is 17.6. The number of hydrogen-bond acceptors (Lipinski definition) is 4. The Morgan fingerprint density at radius 1 is 1.37 bits per heavy atom. The first-order chi connectivity index (χ1) is 12.9. The lowest BCUT2D eigenvalue weighted by atomic mass is 9.68. The molecule has 0 atom stereocenters. The van der Waals surface area contributed by atoms with Crippen molar-refractivity contribution in [3.05, 3.63) is 17.5 Å². The lowest BCUT2D eigenvalue weighted by molar-refractivity contribution is -0.138. The summed E-state index contributed by atoms with van der Waals surface area (Å²) < 4.78 is 0. The lowest BCUT2D eigenvalue weighted by Gasteiger charge is -2.35. The zero-order chi connectivity index (χ0) is 19.4. The van der Waals surface area contributed by atoms with Crippen LogP contribution in [0.5, 0.6) is 0 Å². The Labute approximate surface area is 164 Å². The smallest absolute Gasteiger partial charge is 0.228 e. The van der Waals surface area contributed by atoms with E-state index in [9.17, 15) is 4.79 Å². The van der Waals surface area contributed by atoms with Crippen LogP contribution in [0.2, 0.25) is 0 Å². The number of hydrogen-bond donors (Lipinski definition) is 2. The summed E-state index contributed by atoms with van der Waals surface area (Å²) in [5.41, 5.74) is 2.46. The molecule has 1 amide bonds. The summed E-state index contributed by atoms with van der Waals surface area (Å²) in [4.78, 5) is 17.5. The molecule has 1 spiro atoms. The van der Waals surface area contributed by atoms with Crippen LogP contribution in [0.25, 0.3) is 0 Å². The van der Waals surface area contributed by atoms with Crippen LogP contribution in [0.1, 0.15) is 63.1 Å². The minimum atomic E-state index is -0.0779. The summed E-state index contributed by atoms with van der Waals surface area (Å²) in [6.45, 7) is 9.19. The summed E-state index contributed by atoms with van der Waals surface area (Å²) in [6, 6.07) is 0. The number of rotatable bonds is 8. The van der Waals surface area contributed by atoms with Gasteiger partial charge in [0, 0.05) is 50.4 Å². The molecule has 0 aromatic carbocycles. The van der Waals surface area contributed by atoms with Gasteiger partial charge in [0.2, 0.25) is 5.91 Å². The molecule has 152 valence electrons. The number of likely N-dealkylation sites (N-methyl/N-ethyl adjacent to an activating group) is 2. The van der Waals surface area contributed by atoms with Crippen molar-refractivity contribution in [3.63, 3.8) is 0 Å². The molecule has 27 heavy (non-hydrogen) atoms. The van der Waals surface area contributed by atoms with E-state index in [4.69, 9.17) is 0 Å². The average Bonchev–Trinajstić information content (AvgIpc) is 3.21. The maximum atomic E-state index is 13.0. The molecule has 0 radical (unpaired) electrons. The van der Waals surface area contributed by atoms with Gasteiger partial charge in [-0.25, -0.2) is 0 Å². The third-order valence-corrected chi connectivity index (χ3v) is 6.45. The van der Waals surface area contributed by atoms with Crippen LogP contribution in [-0.2, 0) is 11.3 Å². The van der Waals surface area contributed by atoms with E-state index >= 15 is 0 Å². The van der Waals surface area contributed by atoms with E-state index in [1.165, 1.54) is 11.3 Å². The summed E-state index contributed by atoms with van der Waals surface area (Å²) in [5.74, 6) is 1.46. The molecule has 0 unspecified atom stereocenters. The van der Waals surface area contributed by atoms with E-state index in [1.807, 2.05) is 7.05 Å². The van der Waals surface area contributed by atoms with Crippen molar-refractivity contribution in [3.8, 4) is 0 Å². The second kappa shape index (κ2) is 8.74. The van der Waals surface area contributed by atoms with Gasteiger partial charge in [0.05, 0.1) is 11.1 Å². The second-order valence-corrected chi connectivity index (χ2v) is 9.09. The highest BCUT2D eigenvalue weighted by molar-refractivity contribution is 5.85. The summed E-state index contributed by atoms with van der Waals surface area (Å²) >= 11 is 0. The normalized spacial score (nSPS) is 26.1. The standard InChI is InChI=1S/C21H37N5O/c1-16(2)14-26-11-9-21(20(26)27)7-5-17(6-8-21)19-18(13-23-24-19)15-25(4)12-10-22-3/h13,16-17,22H,5-12,14-15H2,1-4H3,(H,23,24)/t17-,21+. The van der Waals surface area contributed by atoms with E-state index in [2.05, 4.69) is 52.4 Å². The van der Waals surface area contributed by atoms with Crippen LogP contribution in [0, 0.1) is 11.3 Å². The summed E-state index contributed by atoms with van der Waals surface area (Å²) in [6.07, 6.45) is 7.31. The van der Waals surface area contributed by atoms with Crippen LogP contribution >= 0.6 is 0 Å². The first kappa shape index (κ1) is 20.3. The molecule has 1 aliphatic heterocycles. The number of H-pyrrole nitrogens is 1. The fourth-order valence-corrected chi connectivity index (χ4v) is 4.89. The molecule has 0 bridgehead atoms. The molecule has 2 N–H and O–H groups in total. The Bertz CT molecular complexity index is 618. The van der Waals surface area contributed by atoms with Crippen molar-refractivity contribution in [2.45, 2.75) is 58.4 Å². The van der Waals surface area contributed by atoms with Crippen molar-refractivity contribution in [1.29, 1.82) is 0 Å². The fraction of sp³-hybridized carbons (Fsp3) is 0.810. The van der Waals surface area contributed by atoms with Gasteiger partial charge in [-0.3, -0.25) is 9.89 Å². The van der Waals surface area contributed by atoms with Gasteiger partial charge in [-0.05, 0) is 52.1 Å². The lowest BCUT2D eigenvalue weighted by Crippen LogP contribution is -2.38. The molecule has 1 aliphatic carbocycles. The van der Waals surface area contributed by atoms with Gasteiger partial charge in [0.25, 0.3) is 0 Å². The molecule has 6 heteroatoms. The van der Waals surface area contributed by atoms with Crippen molar-refractivity contribution >= 4 is 5.91 Å². The molecular weight excluding hydrogens is 338 g/mol. The number of nitrogens with zero attached hydrogens (tertiary/aromatic N) is 3. The van der Waals surface area contributed by atoms with Gasteiger partial charge in [0.1, 0.15) is 0 Å². The number of likely N-dealkylation sites (tertiary alicyclic amines) is 1. The quantitative estimate of drug-likeness (QED) is 0.733. The first-order valence-corrected chi connectivity index (χ1v) is 10.6. The number of carbonyl (C=O) groups is 1. The molecule has 1 saturated carbocycles. The SMILES string of the molecule is CNCCN(C)Cc1c[nH]nc1[C@H]1CC[C@]2(CCN(CC(C)C)C2=O)CC1. The van der Waals surface area contributed by atoms with Crippen LogP contribution in [0.3, 0.4) is 0 Å². The Morgan fingerprint density at radius 3 is 2.78 bits per heavy atom. The third kappa shape index (κ3) is 4.54.